The van der Waals surface area contributed by atoms with Gasteiger partial charge in [0.2, 0.25) is 6.79 Å². The third-order valence-corrected chi connectivity index (χ3v) is 12.4. The Morgan fingerprint density at radius 2 is 1.67 bits per heavy atom. The van der Waals surface area contributed by atoms with Crippen LogP contribution in [0.4, 0.5) is 0 Å². The van der Waals surface area contributed by atoms with Crippen LogP contribution in [0.3, 0.4) is 0 Å². The normalized spacial score (nSPS) is 25.2. The van der Waals surface area contributed by atoms with Gasteiger partial charge in [0.15, 0.2) is 19.8 Å². The van der Waals surface area contributed by atoms with E-state index in [4.69, 9.17) is 18.6 Å². The van der Waals surface area contributed by atoms with Crippen LogP contribution in [0, 0.1) is 5.92 Å². The maximum atomic E-state index is 10.6. The van der Waals surface area contributed by atoms with Gasteiger partial charge in [-0.25, -0.2) is 0 Å². The highest BCUT2D eigenvalue weighted by Crippen LogP contribution is 2.45. The van der Waals surface area contributed by atoms with Crippen LogP contribution < -0.4 is 9.47 Å². The lowest BCUT2D eigenvalue weighted by Crippen LogP contribution is -2.49. The largest absolute Gasteiger partial charge is 0.454 e. The number of benzene rings is 1. The summed E-state index contributed by atoms with van der Waals surface area (Å²) in [5.74, 6) is 1.43. The number of ether oxygens (including phenoxy) is 3. The zero-order valence-electron chi connectivity index (χ0n) is 17.4. The Kier molecular flexibility index (Phi) is 6.20. The summed E-state index contributed by atoms with van der Waals surface area (Å²) in [6, 6.07) is 5.89. The first kappa shape index (κ1) is 20.6. The molecule has 152 valence electrons. The smallest absolute Gasteiger partial charge is 0.231 e. The summed E-state index contributed by atoms with van der Waals surface area (Å²) in [6.07, 6.45) is -0.703. The van der Waals surface area contributed by atoms with Crippen molar-refractivity contribution in [1.29, 1.82) is 0 Å². The second-order valence-electron chi connectivity index (χ2n) is 8.73. The summed E-state index contributed by atoms with van der Waals surface area (Å²) < 4.78 is 23.6. The van der Waals surface area contributed by atoms with Gasteiger partial charge in [0, 0.05) is 12.5 Å². The average Bonchev–Trinajstić information content (AvgIpc) is 3.20. The standard InChI is InChI=1S/C21H34O5Si/c1-13(2)27(14(3)4,15(5)6)26-10-17-18(22)11-23-21(17)16-7-8-19-20(9-16)25-12-24-19/h7-9,13-15,17-18,21-22H,10-12H2,1-6H3/t17-,18?,21+/m0/s1. The molecule has 1 unspecified atom stereocenters. The Bertz CT molecular complexity index is 624. The van der Waals surface area contributed by atoms with Crippen LogP contribution in [0.1, 0.15) is 53.2 Å². The van der Waals surface area contributed by atoms with E-state index in [-0.39, 0.29) is 18.8 Å². The van der Waals surface area contributed by atoms with Gasteiger partial charge in [-0.05, 0) is 34.3 Å². The number of hydrogen-bond donors (Lipinski definition) is 1. The summed E-state index contributed by atoms with van der Waals surface area (Å²) in [6.45, 7) is 14.8. The molecule has 3 atom stereocenters. The molecule has 0 spiro atoms. The second kappa shape index (κ2) is 8.11. The van der Waals surface area contributed by atoms with Gasteiger partial charge in [-0.1, -0.05) is 47.6 Å². The van der Waals surface area contributed by atoms with Crippen LogP contribution in [0.15, 0.2) is 18.2 Å². The molecule has 0 aromatic heterocycles. The van der Waals surface area contributed by atoms with Gasteiger partial charge >= 0.3 is 0 Å². The van der Waals surface area contributed by atoms with Crippen molar-refractivity contribution in [1.82, 2.24) is 0 Å². The zero-order chi connectivity index (χ0) is 19.8. The molecule has 2 heterocycles. The van der Waals surface area contributed by atoms with Crippen LogP contribution in [-0.2, 0) is 9.16 Å². The lowest BCUT2D eigenvalue weighted by molar-refractivity contribution is 0.0716. The van der Waals surface area contributed by atoms with Crippen molar-refractivity contribution in [2.75, 3.05) is 20.0 Å². The SMILES string of the molecule is CC(C)[Si](OC[C@H]1C(O)CO[C@@H]1c1ccc2c(c1)OCO2)(C(C)C)C(C)C. The summed E-state index contributed by atoms with van der Waals surface area (Å²) in [5.41, 5.74) is 2.55. The Balaban J connectivity index is 1.79. The molecule has 1 aromatic carbocycles. The van der Waals surface area contributed by atoms with Crippen LogP contribution in [-0.4, -0.2) is 39.5 Å². The first-order chi connectivity index (χ1) is 12.8. The van der Waals surface area contributed by atoms with E-state index in [1.54, 1.807) is 0 Å². The number of hydrogen-bond acceptors (Lipinski definition) is 5. The van der Waals surface area contributed by atoms with Gasteiger partial charge in [-0.15, -0.1) is 0 Å². The van der Waals surface area contributed by atoms with E-state index in [0.717, 1.165) is 17.1 Å². The van der Waals surface area contributed by atoms with Gasteiger partial charge in [0.1, 0.15) is 0 Å². The number of rotatable bonds is 7. The van der Waals surface area contributed by atoms with Crippen molar-refractivity contribution in [3.05, 3.63) is 23.8 Å². The number of fused-ring (bicyclic) bond motifs is 1. The molecule has 1 N–H and O–H groups in total. The van der Waals surface area contributed by atoms with E-state index in [2.05, 4.69) is 41.5 Å². The highest BCUT2D eigenvalue weighted by Gasteiger charge is 2.47. The average molecular weight is 395 g/mol. The summed E-state index contributed by atoms with van der Waals surface area (Å²) in [5, 5.41) is 10.6. The number of aliphatic hydroxyl groups is 1. The third-order valence-electron chi connectivity index (χ3n) is 6.29. The van der Waals surface area contributed by atoms with Crippen molar-refractivity contribution in [3.63, 3.8) is 0 Å². The topological polar surface area (TPSA) is 57.2 Å². The first-order valence-electron chi connectivity index (χ1n) is 10.1. The molecule has 1 fully saturated rings. The molecule has 0 amide bonds. The fourth-order valence-corrected chi connectivity index (χ4v) is 10.5. The predicted molar refractivity (Wildman–Crippen MR) is 108 cm³/mol. The van der Waals surface area contributed by atoms with Crippen molar-refractivity contribution in [2.45, 2.75) is 70.4 Å². The van der Waals surface area contributed by atoms with Gasteiger partial charge in [0.25, 0.3) is 0 Å². The van der Waals surface area contributed by atoms with Crippen molar-refractivity contribution in [3.8, 4) is 11.5 Å². The molecule has 0 aliphatic carbocycles. The summed E-state index contributed by atoms with van der Waals surface area (Å²) >= 11 is 0. The third kappa shape index (κ3) is 3.77. The van der Waals surface area contributed by atoms with Crippen LogP contribution in [0.2, 0.25) is 16.6 Å². The maximum Gasteiger partial charge on any atom is 0.231 e. The maximum absolute atomic E-state index is 10.6. The predicted octanol–water partition coefficient (Wildman–Crippen LogP) is 4.66. The Morgan fingerprint density at radius 1 is 1.04 bits per heavy atom. The lowest BCUT2D eigenvalue weighted by atomic mass is 9.94. The number of aliphatic hydroxyl groups excluding tert-OH is 1. The molecule has 1 saturated heterocycles. The second-order valence-corrected chi connectivity index (χ2v) is 14.2. The van der Waals surface area contributed by atoms with Crippen LogP contribution in [0.25, 0.3) is 0 Å². The molecule has 5 nitrogen and oxygen atoms in total. The molecule has 27 heavy (non-hydrogen) atoms. The van der Waals surface area contributed by atoms with Crippen molar-refractivity contribution in [2.24, 2.45) is 5.92 Å². The monoisotopic (exact) mass is 394 g/mol. The highest BCUT2D eigenvalue weighted by molar-refractivity contribution is 6.77. The molecule has 3 rings (SSSR count). The lowest BCUT2D eigenvalue weighted by Gasteiger charge is -2.43. The Hall–Kier alpha value is -1.08. The molecule has 0 bridgehead atoms. The van der Waals surface area contributed by atoms with Crippen LogP contribution >= 0.6 is 0 Å². The van der Waals surface area contributed by atoms with E-state index in [0.29, 0.717) is 29.8 Å². The fraction of sp³-hybridized carbons (Fsp3) is 0.714. The minimum Gasteiger partial charge on any atom is -0.454 e. The van der Waals surface area contributed by atoms with Gasteiger partial charge in [0.05, 0.1) is 18.8 Å². The minimum absolute atomic E-state index is 0.0755. The van der Waals surface area contributed by atoms with Crippen molar-refractivity contribution < 1.29 is 23.7 Å². The van der Waals surface area contributed by atoms with Gasteiger partial charge in [-0.3, -0.25) is 0 Å². The quantitative estimate of drug-likeness (QED) is 0.682. The molecule has 0 radical (unpaired) electrons. The minimum atomic E-state index is -1.98. The highest BCUT2D eigenvalue weighted by atomic mass is 28.4. The van der Waals surface area contributed by atoms with E-state index in [9.17, 15) is 5.11 Å². The van der Waals surface area contributed by atoms with E-state index in [1.807, 2.05) is 18.2 Å². The van der Waals surface area contributed by atoms with Gasteiger partial charge in [-0.2, -0.15) is 0 Å². The van der Waals surface area contributed by atoms with E-state index >= 15 is 0 Å². The summed E-state index contributed by atoms with van der Waals surface area (Å²) in [7, 11) is -1.98. The molecular formula is C21H34O5Si. The van der Waals surface area contributed by atoms with Crippen molar-refractivity contribution >= 4 is 8.32 Å². The van der Waals surface area contributed by atoms with Crippen LogP contribution in [0.5, 0.6) is 11.5 Å². The van der Waals surface area contributed by atoms with E-state index in [1.165, 1.54) is 0 Å². The molecule has 2 aliphatic rings. The summed E-state index contributed by atoms with van der Waals surface area (Å²) in [4.78, 5) is 0. The first-order valence-corrected chi connectivity index (χ1v) is 12.2. The van der Waals surface area contributed by atoms with Gasteiger partial charge < -0.3 is 23.7 Å². The molecule has 2 aliphatic heterocycles. The Labute approximate surface area is 164 Å². The Morgan fingerprint density at radius 3 is 2.30 bits per heavy atom. The molecular weight excluding hydrogens is 360 g/mol. The molecule has 6 heteroatoms. The molecule has 1 aromatic rings. The van der Waals surface area contributed by atoms with E-state index < -0.39 is 14.4 Å². The fourth-order valence-electron chi connectivity index (χ4n) is 5.02. The molecule has 0 saturated carbocycles. The zero-order valence-corrected chi connectivity index (χ0v) is 18.4.